The molecule has 3 aromatic heterocycles. The Labute approximate surface area is 92.3 Å². The molecule has 0 aliphatic carbocycles. The van der Waals surface area contributed by atoms with Gasteiger partial charge in [0.25, 0.3) is 0 Å². The number of imidazole rings is 1. The molecule has 0 spiro atoms. The van der Waals surface area contributed by atoms with Crippen molar-refractivity contribution in [1.82, 2.24) is 15.0 Å². The van der Waals surface area contributed by atoms with Gasteiger partial charge in [0, 0.05) is 6.20 Å². The zero-order valence-electron chi connectivity index (χ0n) is 9.11. The van der Waals surface area contributed by atoms with Crippen molar-refractivity contribution in [2.45, 2.75) is 13.8 Å². The topological polar surface area (TPSA) is 54.7 Å². The molecule has 4 heteroatoms. The van der Waals surface area contributed by atoms with Crippen LogP contribution in [0.25, 0.3) is 22.7 Å². The fraction of sp³-hybridized carbons (Fsp3) is 0.167. The number of nitrogens with one attached hydrogen (secondary N) is 1. The Morgan fingerprint density at radius 3 is 2.75 bits per heavy atom. The molecular formula is C12H11N3O. The van der Waals surface area contributed by atoms with E-state index in [9.17, 15) is 0 Å². The Kier molecular flexibility index (Phi) is 1.83. The van der Waals surface area contributed by atoms with E-state index in [1.165, 1.54) is 0 Å². The van der Waals surface area contributed by atoms with Crippen LogP contribution in [0.1, 0.15) is 11.1 Å². The van der Waals surface area contributed by atoms with Crippen molar-refractivity contribution >= 4 is 11.2 Å². The number of furan rings is 1. The highest BCUT2D eigenvalue weighted by molar-refractivity contribution is 5.78. The average Bonchev–Trinajstić information content (AvgIpc) is 2.84. The number of aromatic amines is 1. The maximum atomic E-state index is 5.40. The van der Waals surface area contributed by atoms with Gasteiger partial charge >= 0.3 is 0 Å². The smallest absolute Gasteiger partial charge is 0.178 e. The van der Waals surface area contributed by atoms with Gasteiger partial charge in [0.2, 0.25) is 0 Å². The van der Waals surface area contributed by atoms with Gasteiger partial charge in [-0.25, -0.2) is 9.97 Å². The number of H-pyrrole nitrogens is 1. The maximum absolute atomic E-state index is 5.40. The summed E-state index contributed by atoms with van der Waals surface area (Å²) in [6.45, 7) is 4.02. The van der Waals surface area contributed by atoms with Crippen LogP contribution in [0.2, 0.25) is 0 Å². The number of nitrogens with zero attached hydrogens (tertiary/aromatic N) is 2. The number of aryl methyl sites for hydroxylation is 2. The molecule has 0 aliphatic heterocycles. The lowest BCUT2D eigenvalue weighted by Gasteiger charge is -1.92. The summed E-state index contributed by atoms with van der Waals surface area (Å²) in [5.74, 6) is 1.51. The van der Waals surface area contributed by atoms with E-state index in [0.717, 1.165) is 33.9 Å². The standard InChI is InChI=1S/C12H11N3O/c1-7-3-5-13-11-9(7)14-12(15-11)10-8(2)4-6-16-10/h3-6H,1-2H3,(H,13,14,15). The van der Waals surface area contributed by atoms with E-state index in [1.54, 1.807) is 12.5 Å². The molecule has 3 rings (SSSR count). The third kappa shape index (κ3) is 1.23. The number of pyridine rings is 1. The minimum absolute atomic E-state index is 0.728. The molecule has 0 aliphatic rings. The van der Waals surface area contributed by atoms with Crippen LogP contribution in [-0.2, 0) is 0 Å². The molecule has 0 radical (unpaired) electrons. The van der Waals surface area contributed by atoms with Gasteiger partial charge in [0.05, 0.1) is 11.8 Å². The summed E-state index contributed by atoms with van der Waals surface area (Å²) in [4.78, 5) is 11.9. The second-order valence-electron chi connectivity index (χ2n) is 3.84. The monoisotopic (exact) mass is 213 g/mol. The van der Waals surface area contributed by atoms with E-state index < -0.39 is 0 Å². The molecule has 0 fully saturated rings. The molecular weight excluding hydrogens is 202 g/mol. The third-order valence-electron chi connectivity index (χ3n) is 2.68. The summed E-state index contributed by atoms with van der Waals surface area (Å²) < 4.78 is 5.40. The van der Waals surface area contributed by atoms with E-state index in [4.69, 9.17) is 4.42 Å². The highest BCUT2D eigenvalue weighted by Crippen LogP contribution is 2.24. The van der Waals surface area contributed by atoms with Crippen LogP contribution in [0.3, 0.4) is 0 Å². The Hall–Kier alpha value is -2.10. The zero-order valence-corrected chi connectivity index (χ0v) is 9.11. The first-order valence-corrected chi connectivity index (χ1v) is 5.11. The SMILES string of the molecule is Cc1ccoc1-c1nc2nccc(C)c2[nH]1. The summed E-state index contributed by atoms with van der Waals surface area (Å²) >= 11 is 0. The fourth-order valence-electron chi connectivity index (χ4n) is 1.76. The largest absolute Gasteiger partial charge is 0.461 e. The maximum Gasteiger partial charge on any atom is 0.178 e. The van der Waals surface area contributed by atoms with Crippen LogP contribution in [-0.4, -0.2) is 15.0 Å². The summed E-state index contributed by atoms with van der Waals surface area (Å²) in [5.41, 5.74) is 3.89. The lowest BCUT2D eigenvalue weighted by atomic mass is 10.3. The van der Waals surface area contributed by atoms with Gasteiger partial charge in [-0.05, 0) is 37.1 Å². The van der Waals surface area contributed by atoms with Gasteiger partial charge in [-0.3, -0.25) is 0 Å². The summed E-state index contributed by atoms with van der Waals surface area (Å²) in [6, 6.07) is 3.88. The first kappa shape index (κ1) is 9.15. The number of rotatable bonds is 1. The molecule has 0 amide bonds. The number of fused-ring (bicyclic) bond motifs is 1. The zero-order chi connectivity index (χ0) is 11.1. The Morgan fingerprint density at radius 2 is 2.06 bits per heavy atom. The predicted octanol–water partition coefficient (Wildman–Crippen LogP) is 2.83. The molecule has 0 saturated heterocycles. The number of aromatic nitrogens is 3. The molecule has 0 bridgehead atoms. The van der Waals surface area contributed by atoms with Gasteiger partial charge < -0.3 is 9.40 Å². The number of hydrogen-bond donors (Lipinski definition) is 1. The van der Waals surface area contributed by atoms with Crippen molar-refractivity contribution in [3.05, 3.63) is 35.7 Å². The summed E-state index contributed by atoms with van der Waals surface area (Å²) in [5, 5.41) is 0. The van der Waals surface area contributed by atoms with E-state index in [2.05, 4.69) is 15.0 Å². The molecule has 3 aromatic rings. The second kappa shape index (κ2) is 3.20. The van der Waals surface area contributed by atoms with Crippen LogP contribution in [0.15, 0.2) is 29.0 Å². The first-order chi connectivity index (χ1) is 7.75. The molecule has 16 heavy (non-hydrogen) atoms. The Balaban J connectivity index is 2.27. The number of hydrogen-bond acceptors (Lipinski definition) is 3. The fourth-order valence-corrected chi connectivity index (χ4v) is 1.76. The van der Waals surface area contributed by atoms with Gasteiger partial charge in [-0.15, -0.1) is 0 Å². The third-order valence-corrected chi connectivity index (χ3v) is 2.68. The van der Waals surface area contributed by atoms with Crippen LogP contribution < -0.4 is 0 Å². The molecule has 0 unspecified atom stereocenters. The molecule has 4 nitrogen and oxygen atoms in total. The van der Waals surface area contributed by atoms with Gasteiger partial charge in [0.15, 0.2) is 17.2 Å². The van der Waals surface area contributed by atoms with Crippen molar-refractivity contribution in [1.29, 1.82) is 0 Å². The van der Waals surface area contributed by atoms with E-state index in [1.807, 2.05) is 26.0 Å². The van der Waals surface area contributed by atoms with Crippen molar-refractivity contribution in [3.63, 3.8) is 0 Å². The van der Waals surface area contributed by atoms with Gasteiger partial charge in [-0.2, -0.15) is 0 Å². The van der Waals surface area contributed by atoms with Crippen LogP contribution in [0, 0.1) is 13.8 Å². The van der Waals surface area contributed by atoms with E-state index in [0.29, 0.717) is 0 Å². The van der Waals surface area contributed by atoms with Crippen molar-refractivity contribution < 1.29 is 4.42 Å². The second-order valence-corrected chi connectivity index (χ2v) is 3.84. The van der Waals surface area contributed by atoms with Crippen LogP contribution in [0.4, 0.5) is 0 Å². The average molecular weight is 213 g/mol. The van der Waals surface area contributed by atoms with Crippen molar-refractivity contribution in [2.24, 2.45) is 0 Å². The molecule has 0 aromatic carbocycles. The van der Waals surface area contributed by atoms with Gasteiger partial charge in [0.1, 0.15) is 0 Å². The van der Waals surface area contributed by atoms with E-state index in [-0.39, 0.29) is 0 Å². The van der Waals surface area contributed by atoms with Crippen LogP contribution in [0.5, 0.6) is 0 Å². The van der Waals surface area contributed by atoms with Crippen molar-refractivity contribution in [2.75, 3.05) is 0 Å². The highest BCUT2D eigenvalue weighted by Gasteiger charge is 2.12. The van der Waals surface area contributed by atoms with Crippen LogP contribution >= 0.6 is 0 Å². The predicted molar refractivity (Wildman–Crippen MR) is 61.1 cm³/mol. The molecule has 0 atom stereocenters. The lowest BCUT2D eigenvalue weighted by Crippen LogP contribution is -1.79. The lowest BCUT2D eigenvalue weighted by molar-refractivity contribution is 0.577. The normalized spacial score (nSPS) is 11.1. The summed E-state index contributed by atoms with van der Waals surface area (Å²) in [6.07, 6.45) is 3.43. The van der Waals surface area contributed by atoms with E-state index >= 15 is 0 Å². The Morgan fingerprint density at radius 1 is 1.19 bits per heavy atom. The molecule has 0 saturated carbocycles. The molecule has 1 N–H and O–H groups in total. The van der Waals surface area contributed by atoms with Gasteiger partial charge in [-0.1, -0.05) is 0 Å². The molecule has 3 heterocycles. The quantitative estimate of drug-likeness (QED) is 0.676. The first-order valence-electron chi connectivity index (χ1n) is 5.11. The minimum atomic E-state index is 0.728. The highest BCUT2D eigenvalue weighted by atomic mass is 16.3. The van der Waals surface area contributed by atoms with Crippen molar-refractivity contribution in [3.8, 4) is 11.6 Å². The summed E-state index contributed by atoms with van der Waals surface area (Å²) in [7, 11) is 0. The Bertz CT molecular complexity index is 651. The molecule has 80 valence electrons. The minimum Gasteiger partial charge on any atom is -0.461 e.